The van der Waals surface area contributed by atoms with Gasteiger partial charge in [-0.05, 0) is 76.0 Å². The summed E-state index contributed by atoms with van der Waals surface area (Å²) in [6.45, 7) is 13.4. The van der Waals surface area contributed by atoms with Crippen LogP contribution in [0.15, 0.2) is 36.4 Å². The van der Waals surface area contributed by atoms with Crippen molar-refractivity contribution in [3.63, 3.8) is 0 Å². The van der Waals surface area contributed by atoms with E-state index in [1.54, 1.807) is 6.07 Å². The first-order valence-corrected chi connectivity index (χ1v) is 12.5. The highest BCUT2D eigenvalue weighted by Crippen LogP contribution is 2.27. The van der Waals surface area contributed by atoms with Gasteiger partial charge in [-0.25, -0.2) is 4.79 Å². The summed E-state index contributed by atoms with van der Waals surface area (Å²) in [6.07, 6.45) is 3.47. The zero-order valence-corrected chi connectivity index (χ0v) is 21.0. The standard InChI is InChI=1S/C27H39N5O2/c1-5-31(6-2)17-14-28-26(33)23-19-22(11-13-25(23)32-15-8-7-9-16-32)29-27(34)30-24-12-10-20(3)18-21(24)4/h10-13,18-19H,5-9,14-17H2,1-4H3,(H,28,33)(H2,29,30,34). The van der Waals surface area contributed by atoms with Crippen LogP contribution in [0.25, 0.3) is 0 Å². The van der Waals surface area contributed by atoms with Gasteiger partial charge in [0.15, 0.2) is 0 Å². The van der Waals surface area contributed by atoms with Gasteiger partial charge in [0.2, 0.25) is 0 Å². The summed E-state index contributed by atoms with van der Waals surface area (Å²) < 4.78 is 0. The number of rotatable bonds is 9. The summed E-state index contributed by atoms with van der Waals surface area (Å²) in [7, 11) is 0. The van der Waals surface area contributed by atoms with Gasteiger partial charge >= 0.3 is 6.03 Å². The van der Waals surface area contributed by atoms with E-state index in [-0.39, 0.29) is 11.9 Å². The molecule has 0 saturated carbocycles. The minimum Gasteiger partial charge on any atom is -0.371 e. The SMILES string of the molecule is CCN(CC)CCNC(=O)c1cc(NC(=O)Nc2ccc(C)cc2C)ccc1N1CCCCC1. The Morgan fingerprint density at radius 2 is 1.68 bits per heavy atom. The Morgan fingerprint density at radius 1 is 0.941 bits per heavy atom. The van der Waals surface area contributed by atoms with E-state index in [0.29, 0.717) is 17.8 Å². The van der Waals surface area contributed by atoms with Crippen molar-refractivity contribution in [1.29, 1.82) is 0 Å². The van der Waals surface area contributed by atoms with Gasteiger partial charge in [-0.15, -0.1) is 0 Å². The van der Waals surface area contributed by atoms with Gasteiger partial charge in [0.05, 0.1) is 5.56 Å². The van der Waals surface area contributed by atoms with Crippen molar-refractivity contribution >= 4 is 29.0 Å². The Labute approximate surface area is 203 Å². The number of hydrogen-bond acceptors (Lipinski definition) is 4. The minimum absolute atomic E-state index is 0.105. The van der Waals surface area contributed by atoms with Gasteiger partial charge in [-0.1, -0.05) is 31.5 Å². The van der Waals surface area contributed by atoms with Crippen molar-refractivity contribution in [3.8, 4) is 0 Å². The molecule has 7 heteroatoms. The number of hydrogen-bond donors (Lipinski definition) is 3. The molecule has 184 valence electrons. The third kappa shape index (κ3) is 6.97. The van der Waals surface area contributed by atoms with Gasteiger partial charge in [0.1, 0.15) is 0 Å². The van der Waals surface area contributed by atoms with E-state index in [2.05, 4.69) is 39.6 Å². The topological polar surface area (TPSA) is 76.7 Å². The summed E-state index contributed by atoms with van der Waals surface area (Å²) in [6, 6.07) is 11.2. The number of benzene rings is 2. The van der Waals surface area contributed by atoms with E-state index in [4.69, 9.17) is 0 Å². The maximum Gasteiger partial charge on any atom is 0.323 e. The molecule has 3 N–H and O–H groups in total. The lowest BCUT2D eigenvalue weighted by molar-refractivity contribution is 0.0949. The number of carbonyl (C=O) groups excluding carboxylic acids is 2. The molecule has 7 nitrogen and oxygen atoms in total. The number of amides is 3. The number of anilines is 3. The van der Waals surface area contributed by atoms with Gasteiger partial charge in [-0.2, -0.15) is 0 Å². The molecule has 1 aliphatic heterocycles. The second kappa shape index (κ2) is 12.4. The number of piperidine rings is 1. The fourth-order valence-electron chi connectivity index (χ4n) is 4.41. The van der Waals surface area contributed by atoms with Crippen LogP contribution in [-0.4, -0.2) is 56.1 Å². The van der Waals surface area contributed by atoms with E-state index >= 15 is 0 Å². The molecule has 0 aromatic heterocycles. The van der Waals surface area contributed by atoms with Crippen molar-refractivity contribution in [3.05, 3.63) is 53.1 Å². The normalized spacial score (nSPS) is 13.6. The third-order valence-corrected chi connectivity index (χ3v) is 6.43. The zero-order valence-electron chi connectivity index (χ0n) is 21.0. The Bertz CT molecular complexity index is 981. The molecule has 0 radical (unpaired) electrons. The van der Waals surface area contributed by atoms with Crippen LogP contribution < -0.4 is 20.9 Å². The highest BCUT2D eigenvalue weighted by molar-refractivity contribution is 6.04. The molecule has 3 rings (SSSR count). The van der Waals surface area contributed by atoms with E-state index in [1.165, 1.54) is 6.42 Å². The number of urea groups is 1. The molecule has 0 spiro atoms. The quantitative estimate of drug-likeness (QED) is 0.487. The average Bonchev–Trinajstić information content (AvgIpc) is 2.84. The third-order valence-electron chi connectivity index (χ3n) is 6.43. The van der Waals surface area contributed by atoms with E-state index in [9.17, 15) is 9.59 Å². The zero-order chi connectivity index (χ0) is 24.5. The first-order chi connectivity index (χ1) is 16.4. The monoisotopic (exact) mass is 465 g/mol. The Hall–Kier alpha value is -3.06. The van der Waals surface area contributed by atoms with Crippen LogP contribution in [0.4, 0.5) is 21.9 Å². The van der Waals surface area contributed by atoms with Crippen LogP contribution in [0.5, 0.6) is 0 Å². The molecule has 3 amide bonds. The van der Waals surface area contributed by atoms with Gasteiger partial charge < -0.3 is 25.8 Å². The number of nitrogens with one attached hydrogen (secondary N) is 3. The van der Waals surface area contributed by atoms with Gasteiger partial charge in [0.25, 0.3) is 5.91 Å². The molecule has 0 bridgehead atoms. The molecule has 34 heavy (non-hydrogen) atoms. The Balaban J connectivity index is 1.74. The molecule has 0 atom stereocenters. The Kier molecular flexibility index (Phi) is 9.33. The maximum absolute atomic E-state index is 13.2. The second-order valence-corrected chi connectivity index (χ2v) is 8.96. The maximum atomic E-state index is 13.2. The summed E-state index contributed by atoms with van der Waals surface area (Å²) in [4.78, 5) is 30.4. The highest BCUT2D eigenvalue weighted by atomic mass is 16.2. The van der Waals surface area contributed by atoms with E-state index in [1.807, 2.05) is 44.2 Å². The van der Waals surface area contributed by atoms with Crippen LogP contribution in [0.2, 0.25) is 0 Å². The summed E-state index contributed by atoms with van der Waals surface area (Å²) in [5.41, 5.74) is 5.04. The predicted molar refractivity (Wildman–Crippen MR) is 141 cm³/mol. The van der Waals surface area contributed by atoms with Crippen LogP contribution in [0.1, 0.15) is 54.6 Å². The molecule has 1 aliphatic rings. The predicted octanol–water partition coefficient (Wildman–Crippen LogP) is 5.01. The van der Waals surface area contributed by atoms with Crippen molar-refractivity contribution in [2.24, 2.45) is 0 Å². The summed E-state index contributed by atoms with van der Waals surface area (Å²) >= 11 is 0. The van der Waals surface area contributed by atoms with Crippen molar-refractivity contribution in [2.45, 2.75) is 47.0 Å². The lowest BCUT2D eigenvalue weighted by Gasteiger charge is -2.30. The first-order valence-electron chi connectivity index (χ1n) is 12.5. The molecule has 2 aromatic carbocycles. The molecule has 1 heterocycles. The van der Waals surface area contributed by atoms with Crippen LogP contribution in [-0.2, 0) is 0 Å². The minimum atomic E-state index is -0.328. The molecular formula is C27H39N5O2. The molecule has 2 aromatic rings. The summed E-state index contributed by atoms with van der Waals surface area (Å²) in [5, 5.41) is 8.87. The number of nitrogens with zero attached hydrogens (tertiary/aromatic N) is 2. The van der Waals surface area contributed by atoms with Gasteiger partial charge in [-0.3, -0.25) is 4.79 Å². The van der Waals surface area contributed by atoms with Crippen molar-refractivity contribution in [2.75, 3.05) is 54.8 Å². The van der Waals surface area contributed by atoms with E-state index in [0.717, 1.165) is 68.1 Å². The molecule has 1 saturated heterocycles. The largest absolute Gasteiger partial charge is 0.371 e. The highest BCUT2D eigenvalue weighted by Gasteiger charge is 2.20. The number of likely N-dealkylation sites (N-methyl/N-ethyl adjacent to an activating group) is 1. The fourth-order valence-corrected chi connectivity index (χ4v) is 4.41. The summed E-state index contributed by atoms with van der Waals surface area (Å²) in [5.74, 6) is -0.105. The molecule has 0 aliphatic carbocycles. The molecule has 1 fully saturated rings. The van der Waals surface area contributed by atoms with Crippen molar-refractivity contribution in [1.82, 2.24) is 10.2 Å². The first kappa shape index (κ1) is 25.6. The average molecular weight is 466 g/mol. The van der Waals surface area contributed by atoms with Crippen LogP contribution in [0.3, 0.4) is 0 Å². The fraction of sp³-hybridized carbons (Fsp3) is 0.481. The Morgan fingerprint density at radius 3 is 2.35 bits per heavy atom. The van der Waals surface area contributed by atoms with Crippen LogP contribution in [0, 0.1) is 13.8 Å². The number of aryl methyl sites for hydroxylation is 2. The lowest BCUT2D eigenvalue weighted by atomic mass is 10.1. The van der Waals surface area contributed by atoms with Crippen molar-refractivity contribution < 1.29 is 9.59 Å². The molecular weight excluding hydrogens is 426 g/mol. The smallest absolute Gasteiger partial charge is 0.323 e. The van der Waals surface area contributed by atoms with Crippen LogP contribution >= 0.6 is 0 Å². The number of carbonyl (C=O) groups is 2. The molecule has 0 unspecified atom stereocenters. The van der Waals surface area contributed by atoms with Gasteiger partial charge in [0, 0.05) is 43.2 Å². The lowest BCUT2D eigenvalue weighted by Crippen LogP contribution is -2.36. The van der Waals surface area contributed by atoms with E-state index < -0.39 is 0 Å². The second-order valence-electron chi connectivity index (χ2n) is 8.96.